The highest BCUT2D eigenvalue weighted by molar-refractivity contribution is 9.10. The van der Waals surface area contributed by atoms with E-state index in [0.29, 0.717) is 6.54 Å². The second kappa shape index (κ2) is 5.79. The van der Waals surface area contributed by atoms with E-state index in [1.807, 2.05) is 17.7 Å². The molecule has 1 aromatic carbocycles. The van der Waals surface area contributed by atoms with Crippen molar-refractivity contribution >= 4 is 21.9 Å². The minimum atomic E-state index is -0.920. The maximum Gasteiger partial charge on any atom is 0.335 e. The number of aryl methyl sites for hydroxylation is 1. The lowest BCUT2D eigenvalue weighted by Gasteiger charge is -2.08. The highest BCUT2D eigenvalue weighted by Crippen LogP contribution is 2.22. The zero-order chi connectivity index (χ0) is 14.9. The molecule has 4 nitrogen and oxygen atoms in total. The van der Waals surface area contributed by atoms with Crippen LogP contribution in [0.3, 0.4) is 0 Å². The van der Waals surface area contributed by atoms with Crippen LogP contribution in [0.25, 0.3) is 0 Å². The second-order valence-electron chi connectivity index (χ2n) is 4.77. The SMILES string of the molecule is CCc1c(C)nn(Cc2ccc(C(=O)O)cc2Br)c1C. The summed E-state index contributed by atoms with van der Waals surface area (Å²) < 4.78 is 2.76. The van der Waals surface area contributed by atoms with Gasteiger partial charge in [0.05, 0.1) is 17.8 Å². The second-order valence-corrected chi connectivity index (χ2v) is 5.63. The average molecular weight is 337 g/mol. The molecule has 2 rings (SSSR count). The maximum absolute atomic E-state index is 10.9. The van der Waals surface area contributed by atoms with Crippen molar-refractivity contribution in [3.8, 4) is 0 Å². The molecule has 1 heterocycles. The Kier molecular flexibility index (Phi) is 4.28. The molecule has 5 heteroatoms. The molecule has 0 aliphatic carbocycles. The molecule has 0 saturated heterocycles. The number of benzene rings is 1. The zero-order valence-electron chi connectivity index (χ0n) is 11.8. The Morgan fingerprint density at radius 3 is 2.60 bits per heavy atom. The number of halogens is 1. The molecule has 0 saturated carbocycles. The molecular formula is C15H17BrN2O2. The van der Waals surface area contributed by atoms with E-state index in [4.69, 9.17) is 5.11 Å². The molecule has 0 fully saturated rings. The van der Waals surface area contributed by atoms with Crippen LogP contribution >= 0.6 is 15.9 Å². The van der Waals surface area contributed by atoms with E-state index in [9.17, 15) is 4.79 Å². The van der Waals surface area contributed by atoms with E-state index in [2.05, 4.69) is 34.9 Å². The molecule has 0 unspecified atom stereocenters. The highest BCUT2D eigenvalue weighted by Gasteiger charge is 2.12. The Morgan fingerprint density at radius 1 is 1.40 bits per heavy atom. The first-order chi connectivity index (χ1) is 9.43. The van der Waals surface area contributed by atoms with Gasteiger partial charge in [0, 0.05) is 10.2 Å². The average Bonchev–Trinajstić information content (AvgIpc) is 2.66. The van der Waals surface area contributed by atoms with Crippen LogP contribution in [0.4, 0.5) is 0 Å². The van der Waals surface area contributed by atoms with E-state index < -0.39 is 5.97 Å². The summed E-state index contributed by atoms with van der Waals surface area (Å²) in [5.74, 6) is -0.920. The number of carbonyl (C=O) groups is 1. The molecule has 0 radical (unpaired) electrons. The molecule has 106 valence electrons. The minimum Gasteiger partial charge on any atom is -0.478 e. The smallest absolute Gasteiger partial charge is 0.335 e. The number of nitrogens with zero attached hydrogens (tertiary/aromatic N) is 2. The summed E-state index contributed by atoms with van der Waals surface area (Å²) in [4.78, 5) is 10.9. The molecule has 0 aliphatic heterocycles. The number of hydrogen-bond donors (Lipinski definition) is 1. The van der Waals surface area contributed by atoms with Crippen molar-refractivity contribution in [2.75, 3.05) is 0 Å². The van der Waals surface area contributed by atoms with Crippen molar-refractivity contribution in [1.82, 2.24) is 9.78 Å². The van der Waals surface area contributed by atoms with Crippen molar-refractivity contribution in [2.24, 2.45) is 0 Å². The van der Waals surface area contributed by atoms with E-state index in [-0.39, 0.29) is 5.56 Å². The number of aromatic nitrogens is 2. The quantitative estimate of drug-likeness (QED) is 0.928. The Hall–Kier alpha value is -1.62. The van der Waals surface area contributed by atoms with Crippen molar-refractivity contribution in [3.63, 3.8) is 0 Å². The lowest BCUT2D eigenvalue weighted by atomic mass is 10.1. The van der Waals surface area contributed by atoms with Crippen LogP contribution in [0.2, 0.25) is 0 Å². The number of rotatable bonds is 4. The fourth-order valence-corrected chi connectivity index (χ4v) is 2.87. The van der Waals surface area contributed by atoms with Crippen molar-refractivity contribution in [3.05, 3.63) is 50.8 Å². The third kappa shape index (κ3) is 2.77. The van der Waals surface area contributed by atoms with E-state index in [0.717, 1.165) is 22.2 Å². The fourth-order valence-electron chi connectivity index (χ4n) is 2.37. The third-order valence-electron chi connectivity index (χ3n) is 3.51. The van der Waals surface area contributed by atoms with Gasteiger partial charge in [-0.2, -0.15) is 5.10 Å². The number of hydrogen-bond acceptors (Lipinski definition) is 2. The molecule has 2 aromatic rings. The van der Waals surface area contributed by atoms with Crippen molar-refractivity contribution in [2.45, 2.75) is 33.7 Å². The Bertz CT molecular complexity index is 662. The molecule has 1 N–H and O–H groups in total. The summed E-state index contributed by atoms with van der Waals surface area (Å²) in [6.07, 6.45) is 0.969. The first kappa shape index (κ1) is 14.8. The van der Waals surface area contributed by atoms with E-state index in [1.165, 1.54) is 11.3 Å². The molecule has 20 heavy (non-hydrogen) atoms. The van der Waals surface area contributed by atoms with Gasteiger partial charge < -0.3 is 5.11 Å². The van der Waals surface area contributed by atoms with Gasteiger partial charge in [0.2, 0.25) is 0 Å². The molecule has 1 aromatic heterocycles. The first-order valence-corrected chi connectivity index (χ1v) is 7.28. The molecule has 0 atom stereocenters. The van der Waals surface area contributed by atoms with Crippen LogP contribution < -0.4 is 0 Å². The number of aromatic carboxylic acids is 1. The summed E-state index contributed by atoms with van der Waals surface area (Å²) >= 11 is 3.44. The van der Waals surface area contributed by atoms with Gasteiger partial charge in [-0.1, -0.05) is 28.9 Å². The summed E-state index contributed by atoms with van der Waals surface area (Å²) in [5, 5.41) is 13.5. The van der Waals surface area contributed by atoms with Crippen molar-refractivity contribution in [1.29, 1.82) is 0 Å². The van der Waals surface area contributed by atoms with Gasteiger partial charge in [-0.3, -0.25) is 4.68 Å². The maximum atomic E-state index is 10.9. The van der Waals surface area contributed by atoms with Crippen LogP contribution in [-0.2, 0) is 13.0 Å². The first-order valence-electron chi connectivity index (χ1n) is 6.48. The molecule has 0 amide bonds. The van der Waals surface area contributed by atoms with E-state index in [1.54, 1.807) is 12.1 Å². The standard InChI is InChI=1S/C15H17BrN2O2/c1-4-13-9(2)17-18(10(13)3)8-12-6-5-11(15(19)20)7-14(12)16/h5-7H,4,8H2,1-3H3,(H,19,20). The summed E-state index contributed by atoms with van der Waals surface area (Å²) in [6, 6.07) is 5.08. The topological polar surface area (TPSA) is 55.1 Å². The van der Waals surface area contributed by atoms with Gasteiger partial charge in [0.1, 0.15) is 0 Å². The zero-order valence-corrected chi connectivity index (χ0v) is 13.4. The largest absolute Gasteiger partial charge is 0.478 e. The third-order valence-corrected chi connectivity index (χ3v) is 4.24. The lowest BCUT2D eigenvalue weighted by molar-refractivity contribution is 0.0697. The molecule has 0 spiro atoms. The molecule has 0 bridgehead atoms. The highest BCUT2D eigenvalue weighted by atomic mass is 79.9. The van der Waals surface area contributed by atoms with Gasteiger partial charge in [-0.25, -0.2) is 4.79 Å². The van der Waals surface area contributed by atoms with E-state index >= 15 is 0 Å². The predicted octanol–water partition coefficient (Wildman–Crippen LogP) is 3.57. The number of carboxylic acids is 1. The monoisotopic (exact) mass is 336 g/mol. The van der Waals surface area contributed by atoms with Crippen LogP contribution in [0, 0.1) is 13.8 Å². The molecular weight excluding hydrogens is 320 g/mol. The fraction of sp³-hybridized carbons (Fsp3) is 0.333. The van der Waals surface area contributed by atoms with Gasteiger partial charge in [-0.05, 0) is 43.5 Å². The van der Waals surface area contributed by atoms with Crippen LogP contribution in [0.15, 0.2) is 22.7 Å². The molecule has 0 aliphatic rings. The normalized spacial score (nSPS) is 10.8. The Labute approximate surface area is 126 Å². The van der Waals surface area contributed by atoms with Gasteiger partial charge in [-0.15, -0.1) is 0 Å². The Morgan fingerprint density at radius 2 is 2.10 bits per heavy atom. The van der Waals surface area contributed by atoms with Gasteiger partial charge in [0.15, 0.2) is 0 Å². The van der Waals surface area contributed by atoms with Crippen LogP contribution in [-0.4, -0.2) is 20.9 Å². The predicted molar refractivity (Wildman–Crippen MR) is 81.3 cm³/mol. The lowest BCUT2D eigenvalue weighted by Crippen LogP contribution is -2.06. The van der Waals surface area contributed by atoms with Gasteiger partial charge in [0.25, 0.3) is 0 Å². The Balaban J connectivity index is 2.33. The van der Waals surface area contributed by atoms with Gasteiger partial charge >= 0.3 is 5.97 Å². The van der Waals surface area contributed by atoms with Crippen LogP contribution in [0.1, 0.15) is 39.8 Å². The van der Waals surface area contributed by atoms with Crippen molar-refractivity contribution < 1.29 is 9.90 Å². The summed E-state index contributed by atoms with van der Waals surface area (Å²) in [6.45, 7) is 6.84. The number of carboxylic acid groups (broad SMARTS) is 1. The van der Waals surface area contributed by atoms with Crippen LogP contribution in [0.5, 0.6) is 0 Å². The minimum absolute atomic E-state index is 0.281. The summed E-state index contributed by atoms with van der Waals surface area (Å²) in [7, 11) is 0. The summed E-state index contributed by atoms with van der Waals surface area (Å²) in [5.41, 5.74) is 4.80.